The number of ether oxygens (including phenoxy) is 2. The van der Waals surface area contributed by atoms with E-state index in [9.17, 15) is 14.7 Å². The van der Waals surface area contributed by atoms with Crippen molar-refractivity contribution in [2.75, 3.05) is 19.8 Å². The molecular weight excluding hydrogens is 274 g/mol. The minimum atomic E-state index is -1.36. The Labute approximate surface area is 123 Å². The van der Waals surface area contributed by atoms with E-state index in [4.69, 9.17) is 9.47 Å². The lowest BCUT2D eigenvalue weighted by Gasteiger charge is -2.26. The van der Waals surface area contributed by atoms with Gasteiger partial charge in [-0.05, 0) is 12.5 Å². The molecule has 1 aliphatic heterocycles. The summed E-state index contributed by atoms with van der Waals surface area (Å²) in [6.07, 6.45) is -0.574. The zero-order valence-corrected chi connectivity index (χ0v) is 11.9. The molecule has 0 aliphatic carbocycles. The molecule has 1 aromatic carbocycles. The average molecular weight is 293 g/mol. The Balaban J connectivity index is 2.17. The van der Waals surface area contributed by atoms with Crippen LogP contribution in [0.2, 0.25) is 0 Å². The molecular formula is C15H19NO5. The average Bonchev–Trinajstić information content (AvgIpc) is 2.95. The Morgan fingerprint density at radius 2 is 2.14 bits per heavy atom. The molecule has 0 spiro atoms. The van der Waals surface area contributed by atoms with E-state index < -0.39 is 23.5 Å². The maximum atomic E-state index is 12.4. The van der Waals surface area contributed by atoms with Crippen LogP contribution in [0.5, 0.6) is 0 Å². The van der Waals surface area contributed by atoms with Crippen molar-refractivity contribution in [1.29, 1.82) is 0 Å². The van der Waals surface area contributed by atoms with E-state index in [1.807, 2.05) is 6.07 Å². The number of benzene rings is 1. The summed E-state index contributed by atoms with van der Waals surface area (Å²) in [6, 6.07) is 9.01. The molecule has 6 heteroatoms. The van der Waals surface area contributed by atoms with Gasteiger partial charge in [0.25, 0.3) is 5.91 Å². The van der Waals surface area contributed by atoms with Crippen LogP contribution in [-0.4, -0.2) is 42.3 Å². The van der Waals surface area contributed by atoms with E-state index in [1.54, 1.807) is 31.2 Å². The summed E-state index contributed by atoms with van der Waals surface area (Å²) in [6.45, 7) is 2.43. The summed E-state index contributed by atoms with van der Waals surface area (Å²) < 4.78 is 10.6. The first-order chi connectivity index (χ1) is 10.1. The van der Waals surface area contributed by atoms with Crippen LogP contribution in [0.4, 0.5) is 0 Å². The van der Waals surface area contributed by atoms with Crippen molar-refractivity contribution in [2.45, 2.75) is 25.0 Å². The third kappa shape index (κ3) is 3.40. The number of amides is 1. The van der Waals surface area contributed by atoms with Crippen LogP contribution in [-0.2, 0) is 19.1 Å². The minimum absolute atomic E-state index is 0.0261. The molecule has 2 rings (SSSR count). The van der Waals surface area contributed by atoms with Crippen molar-refractivity contribution in [3.05, 3.63) is 35.9 Å². The first kappa shape index (κ1) is 15.5. The second-order valence-electron chi connectivity index (χ2n) is 4.93. The van der Waals surface area contributed by atoms with Gasteiger partial charge in [-0.15, -0.1) is 0 Å². The van der Waals surface area contributed by atoms with Crippen molar-refractivity contribution in [1.82, 2.24) is 5.32 Å². The lowest BCUT2D eigenvalue weighted by atomic mass is 9.97. The van der Waals surface area contributed by atoms with Crippen LogP contribution in [0.3, 0.4) is 0 Å². The molecule has 1 aromatic rings. The molecule has 2 atom stereocenters. The van der Waals surface area contributed by atoms with Crippen LogP contribution < -0.4 is 5.32 Å². The largest absolute Gasteiger partial charge is 0.479 e. The highest BCUT2D eigenvalue weighted by atomic mass is 16.5. The number of nitrogens with one attached hydrogen (secondary N) is 1. The third-order valence-electron chi connectivity index (χ3n) is 3.47. The summed E-state index contributed by atoms with van der Waals surface area (Å²) in [5.74, 6) is -1.55. The minimum Gasteiger partial charge on any atom is -0.479 e. The summed E-state index contributed by atoms with van der Waals surface area (Å²) in [4.78, 5) is 23.9. The van der Waals surface area contributed by atoms with Crippen molar-refractivity contribution in [3.8, 4) is 0 Å². The maximum Gasteiger partial charge on any atom is 0.331 e. The molecule has 114 valence electrons. The predicted octanol–water partition coefficient (Wildman–Crippen LogP) is 1.12. The lowest BCUT2D eigenvalue weighted by molar-refractivity contribution is -0.150. The second-order valence-corrected chi connectivity index (χ2v) is 4.93. The first-order valence-electron chi connectivity index (χ1n) is 6.89. The van der Waals surface area contributed by atoms with Gasteiger partial charge in [0.2, 0.25) is 0 Å². The lowest BCUT2D eigenvalue weighted by Crippen LogP contribution is -2.56. The maximum absolute atomic E-state index is 12.4. The number of carbonyl (C=O) groups is 2. The van der Waals surface area contributed by atoms with Crippen LogP contribution in [0, 0.1) is 0 Å². The summed E-state index contributed by atoms with van der Waals surface area (Å²) in [5.41, 5.74) is -0.669. The fourth-order valence-electron chi connectivity index (χ4n) is 2.30. The molecule has 1 heterocycles. The smallest absolute Gasteiger partial charge is 0.331 e. The van der Waals surface area contributed by atoms with E-state index in [-0.39, 0.29) is 13.0 Å². The monoisotopic (exact) mass is 293 g/mol. The SMILES string of the molecule is CCOC(C(=O)NC1(C(=O)O)CCOC1)c1ccccc1. The van der Waals surface area contributed by atoms with Crippen molar-refractivity contribution in [3.63, 3.8) is 0 Å². The molecule has 1 aliphatic rings. The number of hydrogen-bond donors (Lipinski definition) is 2. The molecule has 6 nitrogen and oxygen atoms in total. The number of hydrogen-bond acceptors (Lipinski definition) is 4. The molecule has 0 aromatic heterocycles. The molecule has 0 saturated carbocycles. The van der Waals surface area contributed by atoms with E-state index in [0.717, 1.165) is 0 Å². The quantitative estimate of drug-likeness (QED) is 0.821. The highest BCUT2D eigenvalue weighted by molar-refractivity contribution is 5.90. The van der Waals surface area contributed by atoms with Gasteiger partial charge in [-0.2, -0.15) is 0 Å². The van der Waals surface area contributed by atoms with Crippen LogP contribution in [0.15, 0.2) is 30.3 Å². The fourth-order valence-corrected chi connectivity index (χ4v) is 2.30. The zero-order valence-electron chi connectivity index (χ0n) is 11.9. The third-order valence-corrected chi connectivity index (χ3v) is 3.47. The van der Waals surface area contributed by atoms with Crippen molar-refractivity contribution < 1.29 is 24.2 Å². The highest BCUT2D eigenvalue weighted by Crippen LogP contribution is 2.23. The number of carbonyl (C=O) groups excluding carboxylic acids is 1. The normalized spacial score (nSPS) is 22.7. The molecule has 1 amide bonds. The Hall–Kier alpha value is -1.92. The molecule has 2 N–H and O–H groups in total. The van der Waals surface area contributed by atoms with Gasteiger partial charge in [0.05, 0.1) is 6.61 Å². The van der Waals surface area contributed by atoms with Crippen molar-refractivity contribution in [2.24, 2.45) is 0 Å². The molecule has 2 unspecified atom stereocenters. The molecule has 1 fully saturated rings. The predicted molar refractivity (Wildman–Crippen MR) is 74.8 cm³/mol. The number of carboxylic acids is 1. The van der Waals surface area contributed by atoms with Crippen molar-refractivity contribution >= 4 is 11.9 Å². The Kier molecular flexibility index (Phi) is 4.93. The highest BCUT2D eigenvalue weighted by Gasteiger charge is 2.45. The number of aliphatic carboxylic acids is 1. The van der Waals surface area contributed by atoms with Gasteiger partial charge in [-0.1, -0.05) is 30.3 Å². The second kappa shape index (κ2) is 6.69. The van der Waals surface area contributed by atoms with Gasteiger partial charge < -0.3 is 19.9 Å². The Bertz CT molecular complexity index is 496. The Morgan fingerprint density at radius 1 is 1.43 bits per heavy atom. The van der Waals surface area contributed by atoms with Gasteiger partial charge in [-0.25, -0.2) is 4.79 Å². The summed E-state index contributed by atoms with van der Waals surface area (Å²) in [7, 11) is 0. The number of rotatable bonds is 6. The summed E-state index contributed by atoms with van der Waals surface area (Å²) >= 11 is 0. The van der Waals surface area contributed by atoms with Gasteiger partial charge in [0.15, 0.2) is 11.6 Å². The van der Waals surface area contributed by atoms with Gasteiger partial charge in [0.1, 0.15) is 0 Å². The van der Waals surface area contributed by atoms with Gasteiger partial charge in [-0.3, -0.25) is 4.79 Å². The summed E-state index contributed by atoms with van der Waals surface area (Å²) in [5, 5.41) is 11.9. The zero-order chi connectivity index (χ0) is 15.3. The first-order valence-corrected chi connectivity index (χ1v) is 6.89. The molecule has 0 radical (unpaired) electrons. The van der Waals surface area contributed by atoms with E-state index >= 15 is 0 Å². The molecule has 1 saturated heterocycles. The van der Waals surface area contributed by atoms with Crippen LogP contribution >= 0.6 is 0 Å². The fraction of sp³-hybridized carbons (Fsp3) is 0.467. The van der Waals surface area contributed by atoms with E-state index in [1.165, 1.54) is 0 Å². The van der Waals surface area contributed by atoms with Gasteiger partial charge >= 0.3 is 5.97 Å². The standard InChI is InChI=1S/C15H19NO5/c1-2-21-12(11-6-4-3-5-7-11)13(17)16-15(14(18)19)8-9-20-10-15/h3-7,12H,2,8-10H2,1H3,(H,16,17)(H,18,19). The van der Waals surface area contributed by atoms with E-state index in [0.29, 0.717) is 18.8 Å². The van der Waals surface area contributed by atoms with Crippen LogP contribution in [0.25, 0.3) is 0 Å². The van der Waals surface area contributed by atoms with Gasteiger partial charge in [0, 0.05) is 19.6 Å². The van der Waals surface area contributed by atoms with E-state index in [2.05, 4.69) is 5.32 Å². The number of carboxylic acid groups (broad SMARTS) is 1. The van der Waals surface area contributed by atoms with Crippen LogP contribution in [0.1, 0.15) is 25.0 Å². The Morgan fingerprint density at radius 3 is 2.67 bits per heavy atom. The molecule has 21 heavy (non-hydrogen) atoms. The molecule has 0 bridgehead atoms. The topological polar surface area (TPSA) is 84.9 Å².